The molecule has 32 heavy (non-hydrogen) atoms. The van der Waals surface area contributed by atoms with Gasteiger partial charge in [0, 0.05) is 12.2 Å². The molecule has 1 aromatic heterocycles. The maximum absolute atomic E-state index is 12.9. The summed E-state index contributed by atoms with van der Waals surface area (Å²) in [7, 11) is 0. The minimum absolute atomic E-state index is 0.115. The molecule has 162 valence electrons. The maximum atomic E-state index is 12.9. The first-order valence-corrected chi connectivity index (χ1v) is 12.0. The van der Waals surface area contributed by atoms with E-state index in [1.165, 1.54) is 11.8 Å². The monoisotopic (exact) mass is 463 g/mol. The standard InChI is InChI=1S/C25H21NO4S2/c27-23(29-19-9-3-1-4-10-19)16-15-18(24(28)30-20-11-5-2-6-12-20)17-31-25-26-21-13-7-8-14-22(21)32-25/h1-14,18H,15-17H2. The molecule has 7 heteroatoms. The molecule has 0 fully saturated rings. The molecule has 0 amide bonds. The number of rotatable bonds is 9. The van der Waals surface area contributed by atoms with Crippen LogP contribution < -0.4 is 9.47 Å². The number of hydrogen-bond donors (Lipinski definition) is 0. The van der Waals surface area contributed by atoms with Crippen molar-refractivity contribution in [2.24, 2.45) is 5.92 Å². The van der Waals surface area contributed by atoms with Crippen molar-refractivity contribution in [2.45, 2.75) is 17.2 Å². The average Bonchev–Trinajstić information content (AvgIpc) is 3.23. The van der Waals surface area contributed by atoms with E-state index >= 15 is 0 Å². The molecule has 0 bridgehead atoms. The number of thioether (sulfide) groups is 1. The fourth-order valence-corrected chi connectivity index (χ4v) is 5.22. The van der Waals surface area contributed by atoms with Crippen molar-refractivity contribution < 1.29 is 19.1 Å². The number of hydrogen-bond acceptors (Lipinski definition) is 7. The van der Waals surface area contributed by atoms with Crippen molar-refractivity contribution in [1.29, 1.82) is 0 Å². The zero-order valence-corrected chi connectivity index (χ0v) is 18.8. The summed E-state index contributed by atoms with van der Waals surface area (Å²) < 4.78 is 12.9. The fraction of sp³-hybridized carbons (Fsp3) is 0.160. The lowest BCUT2D eigenvalue weighted by Crippen LogP contribution is -2.24. The molecule has 1 heterocycles. The van der Waals surface area contributed by atoms with Gasteiger partial charge in [0.05, 0.1) is 16.1 Å². The van der Waals surface area contributed by atoms with E-state index < -0.39 is 5.92 Å². The second-order valence-electron chi connectivity index (χ2n) is 7.02. The Kier molecular flexibility index (Phi) is 7.53. The van der Waals surface area contributed by atoms with E-state index in [1.54, 1.807) is 47.7 Å². The Hall–Kier alpha value is -3.16. The fourth-order valence-electron chi connectivity index (χ4n) is 3.01. The first kappa shape index (κ1) is 22.0. The summed E-state index contributed by atoms with van der Waals surface area (Å²) in [5, 5.41) is 0. The number of aromatic nitrogens is 1. The first-order valence-electron chi connectivity index (χ1n) is 10.2. The summed E-state index contributed by atoms with van der Waals surface area (Å²) >= 11 is 3.09. The Bertz CT molecular complexity index is 1150. The predicted octanol–water partition coefficient (Wildman–Crippen LogP) is 6.00. The summed E-state index contributed by atoms with van der Waals surface area (Å²) in [6.45, 7) is 0. The van der Waals surface area contributed by atoms with Crippen LogP contribution in [0.1, 0.15) is 12.8 Å². The molecule has 0 aliphatic carbocycles. The highest BCUT2D eigenvalue weighted by Crippen LogP contribution is 2.31. The Labute approximate surface area is 194 Å². The van der Waals surface area contributed by atoms with Gasteiger partial charge in [-0.1, -0.05) is 60.3 Å². The van der Waals surface area contributed by atoms with Gasteiger partial charge < -0.3 is 9.47 Å². The summed E-state index contributed by atoms with van der Waals surface area (Å²) in [6.07, 6.45) is 0.444. The van der Waals surface area contributed by atoms with Crippen molar-refractivity contribution in [3.8, 4) is 11.5 Å². The lowest BCUT2D eigenvalue weighted by Gasteiger charge is -2.15. The van der Waals surface area contributed by atoms with Crippen molar-refractivity contribution in [1.82, 2.24) is 4.98 Å². The van der Waals surface area contributed by atoms with Gasteiger partial charge in [-0.05, 0) is 42.8 Å². The van der Waals surface area contributed by atoms with E-state index in [9.17, 15) is 9.59 Å². The van der Waals surface area contributed by atoms with Gasteiger partial charge in [-0.2, -0.15) is 0 Å². The normalized spacial score (nSPS) is 11.8. The topological polar surface area (TPSA) is 65.5 Å². The van der Waals surface area contributed by atoms with Crippen LogP contribution in [0.5, 0.6) is 11.5 Å². The highest BCUT2D eigenvalue weighted by molar-refractivity contribution is 8.01. The molecule has 4 rings (SSSR count). The third-order valence-electron chi connectivity index (χ3n) is 4.65. The van der Waals surface area contributed by atoms with E-state index in [1.807, 2.05) is 48.5 Å². The van der Waals surface area contributed by atoms with Crippen LogP contribution in [-0.2, 0) is 9.59 Å². The number of esters is 2. The molecule has 0 aliphatic heterocycles. The number of thiazole rings is 1. The van der Waals surface area contributed by atoms with E-state index in [-0.39, 0.29) is 18.4 Å². The van der Waals surface area contributed by atoms with E-state index in [4.69, 9.17) is 9.47 Å². The Balaban J connectivity index is 1.40. The average molecular weight is 464 g/mol. The number of benzene rings is 3. The number of ether oxygens (including phenoxy) is 2. The van der Waals surface area contributed by atoms with E-state index in [2.05, 4.69) is 4.98 Å². The van der Waals surface area contributed by atoms with E-state index in [0.29, 0.717) is 23.7 Å². The molecular formula is C25H21NO4S2. The zero-order chi connectivity index (χ0) is 22.2. The van der Waals surface area contributed by atoms with Gasteiger partial charge in [0.1, 0.15) is 11.5 Å². The second kappa shape index (κ2) is 10.9. The summed E-state index contributed by atoms with van der Waals surface area (Å²) in [4.78, 5) is 29.8. The zero-order valence-electron chi connectivity index (χ0n) is 17.2. The Morgan fingerprint density at radius 2 is 1.47 bits per heavy atom. The minimum atomic E-state index is -0.476. The van der Waals surface area contributed by atoms with Gasteiger partial charge in [-0.15, -0.1) is 11.3 Å². The molecule has 4 aromatic rings. The number of carbonyl (C=O) groups excluding carboxylic acids is 2. The highest BCUT2D eigenvalue weighted by atomic mass is 32.2. The lowest BCUT2D eigenvalue weighted by atomic mass is 10.1. The van der Waals surface area contributed by atoms with Gasteiger partial charge >= 0.3 is 11.9 Å². The molecule has 0 radical (unpaired) electrons. The van der Waals surface area contributed by atoms with Crippen LogP contribution in [0.25, 0.3) is 10.2 Å². The smallest absolute Gasteiger partial charge is 0.315 e. The van der Waals surface area contributed by atoms with Gasteiger partial charge in [0.25, 0.3) is 0 Å². The number of carbonyl (C=O) groups is 2. The van der Waals surface area contributed by atoms with Crippen molar-refractivity contribution >= 4 is 45.3 Å². The lowest BCUT2D eigenvalue weighted by molar-refractivity contribution is -0.139. The highest BCUT2D eigenvalue weighted by Gasteiger charge is 2.23. The van der Waals surface area contributed by atoms with Gasteiger partial charge in [0.15, 0.2) is 4.34 Å². The summed E-state index contributed by atoms with van der Waals surface area (Å²) in [5.74, 6) is 0.222. The van der Waals surface area contributed by atoms with E-state index in [0.717, 1.165) is 14.6 Å². The van der Waals surface area contributed by atoms with Crippen molar-refractivity contribution in [2.75, 3.05) is 5.75 Å². The molecule has 1 unspecified atom stereocenters. The Morgan fingerprint density at radius 3 is 2.16 bits per heavy atom. The summed E-state index contributed by atoms with van der Waals surface area (Å²) in [6, 6.07) is 25.8. The molecular weight excluding hydrogens is 442 g/mol. The van der Waals surface area contributed by atoms with Crippen LogP contribution in [0.3, 0.4) is 0 Å². The third-order valence-corrected chi connectivity index (χ3v) is 6.99. The number of fused-ring (bicyclic) bond motifs is 1. The molecule has 0 saturated heterocycles. The third kappa shape index (κ3) is 6.18. The van der Waals surface area contributed by atoms with Gasteiger partial charge in [-0.3, -0.25) is 9.59 Å². The van der Waals surface area contributed by atoms with Crippen molar-refractivity contribution in [3.05, 3.63) is 84.9 Å². The van der Waals surface area contributed by atoms with Gasteiger partial charge in [0.2, 0.25) is 0 Å². The molecule has 3 aromatic carbocycles. The van der Waals surface area contributed by atoms with Crippen LogP contribution >= 0.6 is 23.1 Å². The Morgan fingerprint density at radius 1 is 0.844 bits per heavy atom. The van der Waals surface area contributed by atoms with Gasteiger partial charge in [-0.25, -0.2) is 4.98 Å². The van der Waals surface area contributed by atoms with Crippen LogP contribution in [0, 0.1) is 5.92 Å². The minimum Gasteiger partial charge on any atom is -0.427 e. The van der Waals surface area contributed by atoms with Crippen LogP contribution in [0.2, 0.25) is 0 Å². The van der Waals surface area contributed by atoms with Crippen LogP contribution in [0.15, 0.2) is 89.3 Å². The molecule has 1 atom stereocenters. The predicted molar refractivity (Wildman–Crippen MR) is 127 cm³/mol. The first-order chi connectivity index (χ1) is 15.7. The van der Waals surface area contributed by atoms with Crippen LogP contribution in [0.4, 0.5) is 0 Å². The SMILES string of the molecule is O=C(CCC(CSc1nc2ccccc2s1)C(=O)Oc1ccccc1)Oc1ccccc1. The maximum Gasteiger partial charge on any atom is 0.315 e. The molecule has 0 N–H and O–H groups in total. The van der Waals surface area contributed by atoms with Crippen LogP contribution in [-0.4, -0.2) is 22.7 Å². The molecule has 0 saturated carbocycles. The number of para-hydroxylation sites is 3. The van der Waals surface area contributed by atoms with Crippen molar-refractivity contribution in [3.63, 3.8) is 0 Å². The largest absolute Gasteiger partial charge is 0.427 e. The summed E-state index contributed by atoms with van der Waals surface area (Å²) in [5.41, 5.74) is 0.940. The number of nitrogens with zero attached hydrogens (tertiary/aromatic N) is 1. The molecule has 5 nitrogen and oxygen atoms in total. The second-order valence-corrected chi connectivity index (χ2v) is 9.31. The quantitative estimate of drug-likeness (QED) is 0.172. The molecule has 0 spiro atoms. The molecule has 0 aliphatic rings.